The van der Waals surface area contributed by atoms with E-state index in [-0.39, 0.29) is 23.3 Å². The monoisotopic (exact) mass is 386 g/mol. The summed E-state index contributed by atoms with van der Waals surface area (Å²) in [5, 5.41) is 10.6. The fourth-order valence-electron chi connectivity index (χ4n) is 3.52. The van der Waals surface area contributed by atoms with Crippen LogP contribution >= 0.6 is 0 Å². The molecular weight excluding hydrogens is 366 g/mol. The van der Waals surface area contributed by atoms with Crippen LogP contribution < -0.4 is 0 Å². The van der Waals surface area contributed by atoms with Crippen molar-refractivity contribution >= 4 is 5.91 Å². The average molecular weight is 386 g/mol. The Morgan fingerprint density at radius 1 is 1.21 bits per heavy atom. The largest absolute Gasteiger partial charge is 0.325 e. The van der Waals surface area contributed by atoms with Crippen molar-refractivity contribution in [1.82, 2.24) is 29.9 Å². The van der Waals surface area contributed by atoms with Crippen LogP contribution in [0.1, 0.15) is 48.3 Å². The van der Waals surface area contributed by atoms with Gasteiger partial charge in [0.25, 0.3) is 12.3 Å². The molecule has 3 heterocycles. The quantitative estimate of drug-likeness (QED) is 0.745. The Morgan fingerprint density at radius 2 is 1.96 bits per heavy atom. The lowest BCUT2D eigenvalue weighted by molar-refractivity contribution is 0.0531. The molecule has 7 nitrogen and oxygen atoms in total. The number of alkyl halides is 2. The minimum Gasteiger partial charge on any atom is -0.325 e. The summed E-state index contributed by atoms with van der Waals surface area (Å²) in [6.45, 7) is 4.87. The van der Waals surface area contributed by atoms with Gasteiger partial charge in [-0.3, -0.25) is 9.89 Å². The summed E-state index contributed by atoms with van der Waals surface area (Å²) in [5.41, 5.74) is 0.520. The van der Waals surface area contributed by atoms with Crippen molar-refractivity contribution in [2.24, 2.45) is 5.92 Å². The Hall–Kier alpha value is -3.10. The second-order valence-electron chi connectivity index (χ2n) is 7.08. The maximum atomic E-state index is 13.0. The number of hydrogen-bond acceptors (Lipinski definition) is 4. The summed E-state index contributed by atoms with van der Waals surface area (Å²) in [7, 11) is 0. The van der Waals surface area contributed by atoms with E-state index < -0.39 is 12.3 Å². The van der Waals surface area contributed by atoms with Crippen molar-refractivity contribution in [3.05, 3.63) is 53.6 Å². The van der Waals surface area contributed by atoms with E-state index in [1.807, 2.05) is 48.9 Å². The predicted octanol–water partition coefficient (Wildman–Crippen LogP) is 3.46. The molecule has 28 heavy (non-hydrogen) atoms. The van der Waals surface area contributed by atoms with E-state index in [0.717, 1.165) is 11.6 Å². The third-order valence-corrected chi connectivity index (χ3v) is 4.83. The van der Waals surface area contributed by atoms with Gasteiger partial charge < -0.3 is 4.90 Å². The van der Waals surface area contributed by atoms with Gasteiger partial charge in [0, 0.05) is 12.1 Å². The second-order valence-corrected chi connectivity index (χ2v) is 7.08. The zero-order valence-electron chi connectivity index (χ0n) is 15.5. The number of hydrogen-bond donors (Lipinski definition) is 1. The summed E-state index contributed by atoms with van der Waals surface area (Å²) in [4.78, 5) is 19.3. The minimum absolute atomic E-state index is 0.0165. The molecule has 0 bridgehead atoms. The molecule has 0 aliphatic carbocycles. The van der Waals surface area contributed by atoms with Crippen LogP contribution in [0.3, 0.4) is 0 Å². The van der Waals surface area contributed by atoms with E-state index in [9.17, 15) is 13.6 Å². The summed E-state index contributed by atoms with van der Waals surface area (Å²) < 4.78 is 27.5. The molecule has 146 valence electrons. The van der Waals surface area contributed by atoms with Crippen molar-refractivity contribution in [3.8, 4) is 11.4 Å². The molecule has 1 N–H and O–H groups in total. The Balaban J connectivity index is 1.68. The number of H-pyrrole nitrogens is 1. The fourth-order valence-corrected chi connectivity index (χ4v) is 3.52. The number of nitrogens with zero attached hydrogens (tertiary/aromatic N) is 5. The highest BCUT2D eigenvalue weighted by Gasteiger charge is 2.37. The second kappa shape index (κ2) is 7.14. The van der Waals surface area contributed by atoms with Gasteiger partial charge in [0.2, 0.25) is 0 Å². The number of amides is 1. The number of benzene rings is 1. The molecule has 0 unspecified atom stereocenters. The van der Waals surface area contributed by atoms with E-state index >= 15 is 0 Å². The number of rotatable bonds is 4. The average Bonchev–Trinajstić information content (AvgIpc) is 3.34. The van der Waals surface area contributed by atoms with E-state index in [4.69, 9.17) is 4.98 Å². The van der Waals surface area contributed by atoms with Gasteiger partial charge in [-0.05, 0) is 12.0 Å². The van der Waals surface area contributed by atoms with Crippen LogP contribution in [0, 0.1) is 5.92 Å². The number of nitrogens with one attached hydrogen (secondary N) is 1. The van der Waals surface area contributed by atoms with Crippen LogP contribution in [0.5, 0.6) is 0 Å². The number of aromatic nitrogens is 5. The van der Waals surface area contributed by atoms with Crippen LogP contribution in [0.2, 0.25) is 0 Å². The van der Waals surface area contributed by atoms with Gasteiger partial charge in [0.15, 0.2) is 17.3 Å². The maximum absolute atomic E-state index is 13.0. The van der Waals surface area contributed by atoms with Gasteiger partial charge in [-0.2, -0.15) is 10.2 Å². The summed E-state index contributed by atoms with van der Waals surface area (Å²) in [6.07, 6.45) is -2.70. The number of carbonyl (C=O) groups is 1. The molecule has 0 saturated heterocycles. The third kappa shape index (κ3) is 3.17. The van der Waals surface area contributed by atoms with Gasteiger partial charge >= 0.3 is 0 Å². The van der Waals surface area contributed by atoms with Crippen LogP contribution in [0.25, 0.3) is 11.4 Å². The molecule has 9 heteroatoms. The summed E-state index contributed by atoms with van der Waals surface area (Å²) in [5.74, 6) is 0.968. The molecule has 0 spiro atoms. The molecule has 1 aromatic carbocycles. The lowest BCUT2D eigenvalue weighted by atomic mass is 9.99. The van der Waals surface area contributed by atoms with Crippen molar-refractivity contribution in [1.29, 1.82) is 0 Å². The molecule has 0 fully saturated rings. The van der Waals surface area contributed by atoms with Crippen molar-refractivity contribution < 1.29 is 13.6 Å². The molecule has 4 rings (SSSR count). The molecule has 1 aliphatic rings. The number of carbonyl (C=O) groups excluding carboxylic acids is 1. The number of halogens is 2. The Morgan fingerprint density at radius 3 is 2.61 bits per heavy atom. The topological polar surface area (TPSA) is 79.7 Å². The van der Waals surface area contributed by atoms with Crippen molar-refractivity contribution in [2.75, 3.05) is 6.54 Å². The van der Waals surface area contributed by atoms with Gasteiger partial charge in [0.1, 0.15) is 5.69 Å². The van der Waals surface area contributed by atoms with Crippen LogP contribution in [-0.2, 0) is 6.54 Å². The highest BCUT2D eigenvalue weighted by atomic mass is 19.3. The first-order chi connectivity index (χ1) is 13.5. The minimum atomic E-state index is -2.70. The van der Waals surface area contributed by atoms with E-state index in [2.05, 4.69) is 15.3 Å². The van der Waals surface area contributed by atoms with E-state index in [0.29, 0.717) is 24.7 Å². The Kier molecular flexibility index (Phi) is 4.66. The Bertz CT molecular complexity index is 981. The van der Waals surface area contributed by atoms with E-state index in [1.54, 1.807) is 4.90 Å². The lowest BCUT2D eigenvalue weighted by Gasteiger charge is -2.37. The van der Waals surface area contributed by atoms with Crippen LogP contribution in [0.15, 0.2) is 36.4 Å². The summed E-state index contributed by atoms with van der Waals surface area (Å²) >= 11 is 0. The van der Waals surface area contributed by atoms with Gasteiger partial charge in [0.05, 0.1) is 12.6 Å². The smallest absolute Gasteiger partial charge is 0.279 e. The molecule has 1 atom stereocenters. The molecule has 0 saturated carbocycles. The molecule has 0 radical (unpaired) electrons. The van der Waals surface area contributed by atoms with Crippen molar-refractivity contribution in [2.45, 2.75) is 32.9 Å². The van der Waals surface area contributed by atoms with Crippen molar-refractivity contribution in [3.63, 3.8) is 0 Å². The molecule has 2 aromatic heterocycles. The zero-order valence-corrected chi connectivity index (χ0v) is 15.5. The first-order valence-corrected chi connectivity index (χ1v) is 9.10. The van der Waals surface area contributed by atoms with Crippen LogP contribution in [0.4, 0.5) is 8.78 Å². The maximum Gasteiger partial charge on any atom is 0.279 e. The van der Waals surface area contributed by atoms with Gasteiger partial charge in [-0.15, -0.1) is 0 Å². The highest BCUT2D eigenvalue weighted by molar-refractivity contribution is 5.92. The molecule has 1 aliphatic heterocycles. The SMILES string of the molecule is CC(C)[C@H]1c2nc(-c3ccccc3)nn2CCN1C(=O)c1cc(C(F)F)[nH]n1. The van der Waals surface area contributed by atoms with Gasteiger partial charge in [-0.1, -0.05) is 44.2 Å². The standard InChI is InChI=1S/C19H20F2N6O/c1-11(2)15-18-22-17(12-6-4-3-5-7-12)25-27(18)9-8-26(15)19(28)14-10-13(16(20)21)23-24-14/h3-7,10-11,15-16H,8-9H2,1-2H3,(H,23,24)/t15-/m0/s1. The summed E-state index contributed by atoms with van der Waals surface area (Å²) in [6, 6.07) is 10.4. The van der Waals surface area contributed by atoms with Gasteiger partial charge in [-0.25, -0.2) is 18.4 Å². The van der Waals surface area contributed by atoms with E-state index in [1.165, 1.54) is 0 Å². The molecule has 3 aromatic rings. The first-order valence-electron chi connectivity index (χ1n) is 9.10. The lowest BCUT2D eigenvalue weighted by Crippen LogP contribution is -2.44. The third-order valence-electron chi connectivity index (χ3n) is 4.83. The Labute approximate surface area is 160 Å². The molecule has 1 amide bonds. The predicted molar refractivity (Wildman–Crippen MR) is 97.6 cm³/mol. The van der Waals surface area contributed by atoms with Crippen LogP contribution in [-0.4, -0.2) is 42.3 Å². The number of aromatic amines is 1. The normalized spacial score (nSPS) is 16.6. The first kappa shape index (κ1) is 18.3. The zero-order chi connectivity index (χ0) is 19.8. The number of fused-ring (bicyclic) bond motifs is 1. The molecular formula is C19H20F2N6O. The highest BCUT2D eigenvalue weighted by Crippen LogP contribution is 2.33. The fraction of sp³-hybridized carbons (Fsp3) is 0.368.